The molecule has 3 aromatic carbocycles. The van der Waals surface area contributed by atoms with Crippen molar-refractivity contribution in [3.8, 4) is 5.75 Å². The first-order chi connectivity index (χ1) is 15.2. The molecule has 3 aromatic rings. The minimum atomic E-state index is -3.72. The predicted molar refractivity (Wildman–Crippen MR) is 133 cm³/mol. The summed E-state index contributed by atoms with van der Waals surface area (Å²) >= 11 is 8.54. The number of anilines is 2. The van der Waals surface area contributed by atoms with Crippen molar-refractivity contribution < 1.29 is 17.9 Å². The summed E-state index contributed by atoms with van der Waals surface area (Å²) in [6.07, 6.45) is 0. The number of hydrogen-bond donors (Lipinski definition) is 2. The maximum Gasteiger partial charge on any atom is 0.264 e. The quantitative estimate of drug-likeness (QED) is 0.456. The number of amides is 1. The van der Waals surface area contributed by atoms with Crippen LogP contribution in [-0.4, -0.2) is 33.6 Å². The summed E-state index contributed by atoms with van der Waals surface area (Å²) in [7, 11) is -0.748. The van der Waals surface area contributed by atoms with E-state index in [4.69, 9.17) is 17.0 Å². The van der Waals surface area contributed by atoms with Crippen molar-refractivity contribution in [3.05, 3.63) is 82.8 Å². The molecule has 166 valence electrons. The molecule has 0 fully saturated rings. The molecule has 0 aromatic heterocycles. The highest BCUT2D eigenvalue weighted by molar-refractivity contribution is 9.10. The zero-order chi connectivity index (χ0) is 23.3. The van der Waals surface area contributed by atoms with Crippen molar-refractivity contribution in [2.24, 2.45) is 0 Å². The van der Waals surface area contributed by atoms with E-state index in [2.05, 4.69) is 26.6 Å². The van der Waals surface area contributed by atoms with Gasteiger partial charge in [-0.15, -0.1) is 0 Å². The van der Waals surface area contributed by atoms with Gasteiger partial charge in [0.05, 0.1) is 23.3 Å². The van der Waals surface area contributed by atoms with E-state index >= 15 is 0 Å². The summed E-state index contributed by atoms with van der Waals surface area (Å²) in [5.41, 5.74) is 1.40. The molecule has 32 heavy (non-hydrogen) atoms. The standard InChI is InChI=1S/C22H20BrN3O4S2/c1-26(17-6-4-3-5-7-17)32(28,29)18-11-9-16(10-12-18)24-22(31)25-21(27)19-14-15(23)8-13-20(19)30-2/h3-14H,1-2H3,(H2,24,25,27,31). The predicted octanol–water partition coefficient (Wildman–Crippen LogP) is 4.41. The molecule has 10 heteroatoms. The highest BCUT2D eigenvalue weighted by Crippen LogP contribution is 2.24. The SMILES string of the molecule is COc1ccc(Br)cc1C(=O)NC(=S)Nc1ccc(S(=O)(=O)N(C)c2ccccc2)cc1. The molecule has 1 amide bonds. The van der Waals surface area contributed by atoms with E-state index in [1.165, 1.54) is 30.6 Å². The Morgan fingerprint density at radius 2 is 1.69 bits per heavy atom. The average Bonchev–Trinajstić information content (AvgIpc) is 2.79. The van der Waals surface area contributed by atoms with E-state index in [0.717, 1.165) is 4.47 Å². The van der Waals surface area contributed by atoms with E-state index < -0.39 is 15.9 Å². The number of carbonyl (C=O) groups is 1. The highest BCUT2D eigenvalue weighted by Gasteiger charge is 2.21. The van der Waals surface area contributed by atoms with Gasteiger partial charge in [0.1, 0.15) is 5.75 Å². The Bertz CT molecular complexity index is 1230. The van der Waals surface area contributed by atoms with Gasteiger partial charge in [0, 0.05) is 17.2 Å². The maximum absolute atomic E-state index is 12.9. The first-order valence-corrected chi connectivity index (χ1v) is 12.0. The van der Waals surface area contributed by atoms with Gasteiger partial charge in [-0.25, -0.2) is 8.42 Å². The van der Waals surface area contributed by atoms with Crippen molar-refractivity contribution >= 4 is 60.6 Å². The number of thiocarbonyl (C=S) groups is 1. The molecule has 0 aliphatic carbocycles. The minimum Gasteiger partial charge on any atom is -0.496 e. The lowest BCUT2D eigenvalue weighted by molar-refractivity contribution is 0.0974. The third kappa shape index (κ3) is 5.45. The highest BCUT2D eigenvalue weighted by atomic mass is 79.9. The third-order valence-corrected chi connectivity index (χ3v) is 7.02. The normalized spacial score (nSPS) is 10.8. The van der Waals surface area contributed by atoms with Crippen LogP contribution >= 0.6 is 28.1 Å². The van der Waals surface area contributed by atoms with Gasteiger partial charge in [0.2, 0.25) is 0 Å². The Hall–Kier alpha value is -2.95. The van der Waals surface area contributed by atoms with Gasteiger partial charge in [0.15, 0.2) is 5.11 Å². The van der Waals surface area contributed by atoms with E-state index in [-0.39, 0.29) is 10.0 Å². The zero-order valence-corrected chi connectivity index (χ0v) is 20.4. The fourth-order valence-corrected chi connectivity index (χ4v) is 4.60. The number of methoxy groups -OCH3 is 1. The second-order valence-electron chi connectivity index (χ2n) is 6.59. The van der Waals surface area contributed by atoms with Gasteiger partial charge >= 0.3 is 0 Å². The Labute approximate surface area is 200 Å². The minimum absolute atomic E-state index is 0.0639. The number of carbonyl (C=O) groups excluding carboxylic acids is 1. The molecular weight excluding hydrogens is 514 g/mol. The van der Waals surface area contributed by atoms with Crippen molar-refractivity contribution in [3.63, 3.8) is 0 Å². The monoisotopic (exact) mass is 533 g/mol. The lowest BCUT2D eigenvalue weighted by atomic mass is 10.2. The molecule has 2 N–H and O–H groups in total. The molecule has 0 atom stereocenters. The van der Waals surface area contributed by atoms with Gasteiger partial charge in [-0.3, -0.25) is 14.4 Å². The summed E-state index contributed by atoms with van der Waals surface area (Å²) in [5, 5.41) is 5.52. The molecule has 7 nitrogen and oxygen atoms in total. The van der Waals surface area contributed by atoms with E-state index in [1.54, 1.807) is 54.6 Å². The van der Waals surface area contributed by atoms with Gasteiger partial charge in [0.25, 0.3) is 15.9 Å². The second kappa shape index (κ2) is 10.1. The fourth-order valence-electron chi connectivity index (χ4n) is 2.84. The number of para-hydroxylation sites is 1. The van der Waals surface area contributed by atoms with E-state index in [0.29, 0.717) is 22.7 Å². The van der Waals surface area contributed by atoms with Crippen LogP contribution in [0.1, 0.15) is 10.4 Å². The van der Waals surface area contributed by atoms with Gasteiger partial charge < -0.3 is 10.1 Å². The number of rotatable bonds is 6. The molecule has 0 bridgehead atoms. The number of nitrogens with one attached hydrogen (secondary N) is 2. The van der Waals surface area contributed by atoms with Crippen molar-refractivity contribution in [2.75, 3.05) is 23.8 Å². The number of ether oxygens (including phenoxy) is 1. The number of halogens is 1. The zero-order valence-electron chi connectivity index (χ0n) is 17.2. The van der Waals surface area contributed by atoms with Crippen molar-refractivity contribution in [1.82, 2.24) is 5.32 Å². The summed E-state index contributed by atoms with van der Waals surface area (Å²) in [4.78, 5) is 12.7. The smallest absolute Gasteiger partial charge is 0.264 e. The fraction of sp³-hybridized carbons (Fsp3) is 0.0909. The van der Waals surface area contributed by atoms with E-state index in [1.807, 2.05) is 6.07 Å². The Balaban J connectivity index is 1.69. The maximum atomic E-state index is 12.9. The van der Waals surface area contributed by atoms with Crippen LogP contribution in [0.5, 0.6) is 5.75 Å². The lowest BCUT2D eigenvalue weighted by Crippen LogP contribution is -2.34. The third-order valence-electron chi connectivity index (χ3n) is 4.52. The first kappa shape index (κ1) is 23.7. The summed E-state index contributed by atoms with van der Waals surface area (Å²) in [6.45, 7) is 0. The number of nitrogens with zero attached hydrogens (tertiary/aromatic N) is 1. The van der Waals surface area contributed by atoms with Gasteiger partial charge in [-0.1, -0.05) is 34.1 Å². The molecule has 0 spiro atoms. The Kier molecular flexibility index (Phi) is 7.49. The number of hydrogen-bond acceptors (Lipinski definition) is 5. The molecule has 3 rings (SSSR count). The number of sulfonamides is 1. The molecule has 0 radical (unpaired) electrons. The molecule has 0 saturated heterocycles. The summed E-state index contributed by atoms with van der Waals surface area (Å²) in [6, 6.07) is 19.9. The first-order valence-electron chi connectivity index (χ1n) is 9.32. The Morgan fingerprint density at radius 3 is 2.31 bits per heavy atom. The van der Waals surface area contributed by atoms with Crippen molar-refractivity contribution in [2.45, 2.75) is 4.90 Å². The largest absolute Gasteiger partial charge is 0.496 e. The molecule has 0 heterocycles. The molecule has 0 saturated carbocycles. The molecule has 0 unspecified atom stereocenters. The summed E-state index contributed by atoms with van der Waals surface area (Å²) in [5.74, 6) is -0.0325. The van der Waals surface area contributed by atoms with Crippen LogP contribution in [0, 0.1) is 0 Å². The van der Waals surface area contributed by atoms with Crippen molar-refractivity contribution in [1.29, 1.82) is 0 Å². The molecule has 0 aliphatic rings. The van der Waals surface area contributed by atoms with Crippen LogP contribution < -0.4 is 19.7 Å². The lowest BCUT2D eigenvalue weighted by Gasteiger charge is -2.19. The van der Waals surface area contributed by atoms with Gasteiger partial charge in [-0.05, 0) is 66.8 Å². The topological polar surface area (TPSA) is 87.7 Å². The van der Waals surface area contributed by atoms with Crippen LogP contribution in [0.2, 0.25) is 0 Å². The van der Waals surface area contributed by atoms with Crippen LogP contribution in [0.4, 0.5) is 11.4 Å². The second-order valence-corrected chi connectivity index (χ2v) is 9.88. The average molecular weight is 534 g/mol. The Morgan fingerprint density at radius 1 is 1.03 bits per heavy atom. The van der Waals surface area contributed by atoms with Crippen LogP contribution in [0.15, 0.2) is 82.2 Å². The van der Waals surface area contributed by atoms with Crippen LogP contribution in [0.25, 0.3) is 0 Å². The molecule has 0 aliphatic heterocycles. The van der Waals surface area contributed by atoms with Gasteiger partial charge in [-0.2, -0.15) is 0 Å². The molecular formula is C22H20BrN3O4S2. The summed E-state index contributed by atoms with van der Waals surface area (Å²) < 4.78 is 32.9. The van der Waals surface area contributed by atoms with Crippen LogP contribution in [-0.2, 0) is 10.0 Å². The van der Waals surface area contributed by atoms with E-state index in [9.17, 15) is 13.2 Å². The number of benzene rings is 3. The van der Waals surface area contributed by atoms with Crippen LogP contribution in [0.3, 0.4) is 0 Å².